The van der Waals surface area contributed by atoms with Crippen molar-refractivity contribution in [1.29, 1.82) is 0 Å². The summed E-state index contributed by atoms with van der Waals surface area (Å²) in [6.07, 6.45) is 1.62. The molecule has 4 nitrogen and oxygen atoms in total. The van der Waals surface area contributed by atoms with E-state index in [1.165, 1.54) is 10.9 Å². The zero-order valence-corrected chi connectivity index (χ0v) is 14.7. The number of amides is 1. The molecule has 1 N–H and O–H groups in total. The van der Waals surface area contributed by atoms with Crippen molar-refractivity contribution >= 4 is 22.9 Å². The van der Waals surface area contributed by atoms with Crippen molar-refractivity contribution in [2.45, 2.75) is 20.0 Å². The van der Waals surface area contributed by atoms with Crippen LogP contribution < -0.4 is 5.32 Å². The fourth-order valence-corrected chi connectivity index (χ4v) is 3.23. The average Bonchev–Trinajstić information content (AvgIpc) is 3.25. The molecule has 25 heavy (non-hydrogen) atoms. The summed E-state index contributed by atoms with van der Waals surface area (Å²) in [6.45, 7) is 3.05. The lowest BCUT2D eigenvalue weighted by atomic mass is 10.2. The maximum absolute atomic E-state index is 13.6. The first-order valence-electron chi connectivity index (χ1n) is 7.93. The lowest BCUT2D eigenvalue weighted by molar-refractivity contribution is -0.117. The highest BCUT2D eigenvalue weighted by atomic mass is 32.1. The van der Waals surface area contributed by atoms with Gasteiger partial charge in [0, 0.05) is 17.1 Å². The van der Waals surface area contributed by atoms with Crippen LogP contribution in [0.4, 0.5) is 10.1 Å². The van der Waals surface area contributed by atoms with Crippen LogP contribution in [0.25, 0.3) is 0 Å². The first-order chi connectivity index (χ1) is 12.1. The van der Waals surface area contributed by atoms with Gasteiger partial charge >= 0.3 is 0 Å². The van der Waals surface area contributed by atoms with Crippen LogP contribution in [-0.4, -0.2) is 17.4 Å². The van der Waals surface area contributed by atoms with Gasteiger partial charge in [-0.3, -0.25) is 9.69 Å². The van der Waals surface area contributed by atoms with Crippen LogP contribution in [0.2, 0.25) is 0 Å². The number of anilines is 1. The molecule has 0 aliphatic carbocycles. The van der Waals surface area contributed by atoms with Gasteiger partial charge in [0.2, 0.25) is 5.91 Å². The van der Waals surface area contributed by atoms with Gasteiger partial charge in [0.1, 0.15) is 11.6 Å². The van der Waals surface area contributed by atoms with Crippen molar-refractivity contribution in [1.82, 2.24) is 4.90 Å². The summed E-state index contributed by atoms with van der Waals surface area (Å²) in [6, 6.07) is 12.4. The number of nitrogens with one attached hydrogen (secondary N) is 1. The summed E-state index contributed by atoms with van der Waals surface area (Å²) in [7, 11) is 0. The van der Waals surface area contributed by atoms with Crippen molar-refractivity contribution in [3.8, 4) is 0 Å². The minimum atomic E-state index is -0.330. The molecule has 1 aromatic carbocycles. The van der Waals surface area contributed by atoms with Gasteiger partial charge in [-0.05, 0) is 48.2 Å². The number of hydrogen-bond donors (Lipinski definition) is 1. The number of carbonyl (C=O) groups excluding carboxylic acids is 1. The largest absolute Gasteiger partial charge is 0.468 e. The zero-order valence-electron chi connectivity index (χ0n) is 13.9. The maximum Gasteiger partial charge on any atom is 0.238 e. The van der Waals surface area contributed by atoms with Gasteiger partial charge in [0.25, 0.3) is 0 Å². The quantitative estimate of drug-likeness (QED) is 0.680. The minimum absolute atomic E-state index is 0.189. The molecule has 0 atom stereocenters. The Morgan fingerprint density at radius 1 is 1.24 bits per heavy atom. The van der Waals surface area contributed by atoms with Crippen LogP contribution in [0.15, 0.2) is 58.5 Å². The molecule has 1 amide bonds. The second kappa shape index (κ2) is 8.09. The number of halogens is 1. The van der Waals surface area contributed by atoms with Gasteiger partial charge in [-0.15, -0.1) is 11.3 Å². The van der Waals surface area contributed by atoms with Crippen molar-refractivity contribution in [2.75, 3.05) is 11.9 Å². The summed E-state index contributed by atoms with van der Waals surface area (Å²) in [4.78, 5) is 15.5. The predicted octanol–water partition coefficient (Wildman–Crippen LogP) is 4.43. The Bertz CT molecular complexity index is 780. The summed E-state index contributed by atoms with van der Waals surface area (Å²) < 4.78 is 19.0. The SMILES string of the molecule is Cc1ccc(NC(=O)CN(Cc2ccco2)Cc2cccs2)cc1F. The smallest absolute Gasteiger partial charge is 0.238 e. The van der Waals surface area contributed by atoms with Crippen molar-refractivity contribution in [3.05, 3.63) is 76.1 Å². The van der Waals surface area contributed by atoms with E-state index in [0.29, 0.717) is 24.3 Å². The number of nitrogens with zero attached hydrogens (tertiary/aromatic N) is 1. The van der Waals surface area contributed by atoms with Crippen LogP contribution in [0.1, 0.15) is 16.2 Å². The van der Waals surface area contributed by atoms with E-state index in [4.69, 9.17) is 4.42 Å². The van der Waals surface area contributed by atoms with Gasteiger partial charge in [-0.2, -0.15) is 0 Å². The average molecular weight is 358 g/mol. The number of aryl methyl sites for hydroxylation is 1. The van der Waals surface area contributed by atoms with Gasteiger partial charge < -0.3 is 9.73 Å². The Morgan fingerprint density at radius 3 is 2.80 bits per heavy atom. The fraction of sp³-hybridized carbons (Fsp3) is 0.211. The van der Waals surface area contributed by atoms with Crippen LogP contribution in [-0.2, 0) is 17.9 Å². The van der Waals surface area contributed by atoms with E-state index in [9.17, 15) is 9.18 Å². The molecule has 0 aliphatic heterocycles. The Labute approximate surface area is 149 Å². The molecule has 0 spiro atoms. The van der Waals surface area contributed by atoms with Gasteiger partial charge in [-0.25, -0.2) is 4.39 Å². The molecular formula is C19H19FN2O2S. The second-order valence-corrected chi connectivity index (χ2v) is 6.85. The van der Waals surface area contributed by atoms with Crippen LogP contribution >= 0.6 is 11.3 Å². The number of furan rings is 1. The van der Waals surface area contributed by atoms with Crippen LogP contribution in [0.3, 0.4) is 0 Å². The third kappa shape index (κ3) is 5.01. The number of benzene rings is 1. The molecule has 3 rings (SSSR count). The fourth-order valence-electron chi connectivity index (χ4n) is 2.49. The van der Waals surface area contributed by atoms with Gasteiger partial charge in [0.15, 0.2) is 0 Å². The second-order valence-electron chi connectivity index (χ2n) is 5.82. The van der Waals surface area contributed by atoms with E-state index < -0.39 is 0 Å². The van der Waals surface area contributed by atoms with Crippen molar-refractivity contribution < 1.29 is 13.6 Å². The molecule has 3 aromatic rings. The lowest BCUT2D eigenvalue weighted by Gasteiger charge is -2.20. The van der Waals surface area contributed by atoms with Crippen LogP contribution in [0.5, 0.6) is 0 Å². The summed E-state index contributed by atoms with van der Waals surface area (Å²) >= 11 is 1.64. The number of thiophene rings is 1. The normalized spacial score (nSPS) is 11.0. The summed E-state index contributed by atoms with van der Waals surface area (Å²) in [5.74, 6) is 0.279. The molecule has 2 aromatic heterocycles. The van der Waals surface area contributed by atoms with E-state index in [0.717, 1.165) is 5.76 Å². The molecule has 0 fully saturated rings. The first kappa shape index (κ1) is 17.4. The third-order valence-electron chi connectivity index (χ3n) is 3.74. The monoisotopic (exact) mass is 358 g/mol. The first-order valence-corrected chi connectivity index (χ1v) is 8.81. The maximum atomic E-state index is 13.6. The molecule has 0 bridgehead atoms. The highest BCUT2D eigenvalue weighted by molar-refractivity contribution is 7.09. The molecule has 6 heteroatoms. The topological polar surface area (TPSA) is 45.5 Å². The Morgan fingerprint density at radius 2 is 2.12 bits per heavy atom. The highest BCUT2D eigenvalue weighted by Crippen LogP contribution is 2.16. The molecule has 2 heterocycles. The molecule has 0 aliphatic rings. The van der Waals surface area contributed by atoms with Gasteiger partial charge in [-0.1, -0.05) is 12.1 Å². The standard InChI is InChI=1S/C19H19FN2O2S/c1-14-6-7-15(10-18(14)20)21-19(23)13-22(11-16-4-2-8-24-16)12-17-5-3-9-25-17/h2-10H,11-13H2,1H3,(H,21,23). The zero-order chi connectivity index (χ0) is 17.6. The van der Waals surface area contributed by atoms with E-state index in [1.807, 2.05) is 34.5 Å². The van der Waals surface area contributed by atoms with E-state index in [1.54, 1.807) is 36.7 Å². The Kier molecular flexibility index (Phi) is 5.63. The Balaban J connectivity index is 1.65. The number of rotatable bonds is 7. The molecule has 130 valence electrons. The lowest BCUT2D eigenvalue weighted by Crippen LogP contribution is -2.32. The van der Waals surface area contributed by atoms with E-state index in [2.05, 4.69) is 5.32 Å². The van der Waals surface area contributed by atoms with E-state index in [-0.39, 0.29) is 18.3 Å². The molecule has 0 unspecified atom stereocenters. The number of carbonyl (C=O) groups is 1. The summed E-state index contributed by atoms with van der Waals surface area (Å²) in [5.41, 5.74) is 1.01. The van der Waals surface area contributed by atoms with Crippen molar-refractivity contribution in [2.24, 2.45) is 0 Å². The van der Waals surface area contributed by atoms with E-state index >= 15 is 0 Å². The number of hydrogen-bond acceptors (Lipinski definition) is 4. The molecule has 0 radical (unpaired) electrons. The molecule has 0 saturated heterocycles. The third-order valence-corrected chi connectivity index (χ3v) is 4.60. The van der Waals surface area contributed by atoms with Gasteiger partial charge in [0.05, 0.1) is 19.4 Å². The molecule has 0 saturated carbocycles. The molecular weight excluding hydrogens is 339 g/mol. The highest BCUT2D eigenvalue weighted by Gasteiger charge is 2.14. The minimum Gasteiger partial charge on any atom is -0.468 e. The van der Waals surface area contributed by atoms with Crippen molar-refractivity contribution in [3.63, 3.8) is 0 Å². The van der Waals surface area contributed by atoms with Crippen LogP contribution in [0, 0.1) is 12.7 Å². The Hall–Kier alpha value is -2.44. The predicted molar refractivity (Wildman–Crippen MR) is 96.9 cm³/mol. The summed E-state index contributed by atoms with van der Waals surface area (Å²) in [5, 5.41) is 4.76.